The first-order chi connectivity index (χ1) is 16.6. The molecule has 35 heavy (non-hydrogen) atoms. The second kappa shape index (κ2) is 11.9. The second-order valence-electron chi connectivity index (χ2n) is 9.20. The summed E-state index contributed by atoms with van der Waals surface area (Å²) >= 11 is 6.12. The zero-order chi connectivity index (χ0) is 25.6. The maximum Gasteiger partial charge on any atom is 0.219 e. The monoisotopic (exact) mass is 517 g/mol. The third-order valence-corrected chi connectivity index (χ3v) is 8.40. The van der Waals surface area contributed by atoms with Gasteiger partial charge in [-0.05, 0) is 67.8 Å². The first-order valence-electron chi connectivity index (χ1n) is 11.7. The van der Waals surface area contributed by atoms with Crippen LogP contribution < -0.4 is 4.74 Å². The SMILES string of the molecule is CC(=O)N(C)CCS(=O)(=O)c1ccc(OC[C@H]2C[C@@H](C)N(CCc3cc(Cl)cc(C#N)c3)C2)cc1. The van der Waals surface area contributed by atoms with Gasteiger partial charge in [-0.2, -0.15) is 5.26 Å². The van der Waals surface area contributed by atoms with Gasteiger partial charge in [0.25, 0.3) is 0 Å². The number of halogens is 1. The van der Waals surface area contributed by atoms with Gasteiger partial charge in [0.15, 0.2) is 9.84 Å². The topological polar surface area (TPSA) is 90.7 Å². The van der Waals surface area contributed by atoms with E-state index in [0.29, 0.717) is 34.9 Å². The Morgan fingerprint density at radius 2 is 1.97 bits per heavy atom. The van der Waals surface area contributed by atoms with Gasteiger partial charge in [0, 0.05) is 50.6 Å². The zero-order valence-electron chi connectivity index (χ0n) is 20.4. The minimum Gasteiger partial charge on any atom is -0.493 e. The van der Waals surface area contributed by atoms with E-state index < -0.39 is 9.84 Å². The maximum absolute atomic E-state index is 12.5. The summed E-state index contributed by atoms with van der Waals surface area (Å²) in [6.07, 6.45) is 1.85. The van der Waals surface area contributed by atoms with Gasteiger partial charge in [-0.25, -0.2) is 8.42 Å². The number of hydrogen-bond acceptors (Lipinski definition) is 6. The molecule has 0 spiro atoms. The number of carbonyl (C=O) groups excluding carboxylic acids is 1. The quantitative estimate of drug-likeness (QED) is 0.476. The molecule has 188 valence electrons. The van der Waals surface area contributed by atoms with Crippen molar-refractivity contribution < 1.29 is 17.9 Å². The molecule has 0 unspecified atom stereocenters. The fourth-order valence-corrected chi connectivity index (χ4v) is 5.83. The molecule has 1 heterocycles. The number of amides is 1. The summed E-state index contributed by atoms with van der Waals surface area (Å²) in [4.78, 5) is 15.3. The van der Waals surface area contributed by atoms with Crippen molar-refractivity contribution in [2.24, 2.45) is 5.92 Å². The van der Waals surface area contributed by atoms with Crippen molar-refractivity contribution in [3.8, 4) is 11.8 Å². The summed E-state index contributed by atoms with van der Waals surface area (Å²) in [5, 5.41) is 9.72. The standard InChI is InChI=1S/C26H32ClN3O4S/c1-19-12-23(17-30(19)9-8-21-13-22(16-28)15-24(27)14-21)18-34-25-4-6-26(7-5-25)35(32,33)11-10-29(3)20(2)31/h4-7,13-15,19,23H,8-12,17-18H2,1-3H3/t19-,23+/m1/s1. The predicted octanol–water partition coefficient (Wildman–Crippen LogP) is 3.80. The molecule has 1 aliphatic rings. The van der Waals surface area contributed by atoms with Gasteiger partial charge in [-0.15, -0.1) is 0 Å². The highest BCUT2D eigenvalue weighted by Crippen LogP contribution is 2.25. The molecule has 7 nitrogen and oxygen atoms in total. The van der Waals surface area contributed by atoms with Crippen molar-refractivity contribution in [3.63, 3.8) is 0 Å². The van der Waals surface area contributed by atoms with Crippen molar-refractivity contribution in [1.29, 1.82) is 5.26 Å². The lowest BCUT2D eigenvalue weighted by atomic mass is 10.1. The smallest absolute Gasteiger partial charge is 0.219 e. The Kier molecular flexibility index (Phi) is 9.17. The van der Waals surface area contributed by atoms with Gasteiger partial charge in [-0.1, -0.05) is 11.6 Å². The van der Waals surface area contributed by atoms with Crippen molar-refractivity contribution in [1.82, 2.24) is 9.80 Å². The molecule has 0 saturated carbocycles. The molecule has 2 atom stereocenters. The largest absolute Gasteiger partial charge is 0.493 e. The van der Waals surface area contributed by atoms with Crippen molar-refractivity contribution >= 4 is 27.3 Å². The van der Waals surface area contributed by atoms with Gasteiger partial charge < -0.3 is 9.64 Å². The highest BCUT2D eigenvalue weighted by atomic mass is 35.5. The van der Waals surface area contributed by atoms with E-state index in [0.717, 1.165) is 31.5 Å². The average molecular weight is 518 g/mol. The Labute approximate surface area is 213 Å². The number of hydrogen-bond donors (Lipinski definition) is 0. The Hall–Kier alpha value is -2.60. The van der Waals surface area contributed by atoms with Crippen LogP contribution in [0.4, 0.5) is 0 Å². The van der Waals surface area contributed by atoms with Crippen LogP contribution >= 0.6 is 11.6 Å². The number of benzene rings is 2. The van der Waals surface area contributed by atoms with E-state index in [9.17, 15) is 13.2 Å². The minimum atomic E-state index is -3.47. The van der Waals surface area contributed by atoms with E-state index in [1.165, 1.54) is 11.8 Å². The van der Waals surface area contributed by atoms with Crippen LogP contribution in [-0.4, -0.2) is 69.2 Å². The van der Waals surface area contributed by atoms with E-state index in [2.05, 4.69) is 17.9 Å². The second-order valence-corrected chi connectivity index (χ2v) is 11.7. The molecule has 0 radical (unpaired) electrons. The third-order valence-electron chi connectivity index (χ3n) is 6.47. The van der Waals surface area contributed by atoms with Crippen LogP contribution in [0.3, 0.4) is 0 Å². The van der Waals surface area contributed by atoms with Crippen molar-refractivity contribution in [2.75, 3.05) is 39.0 Å². The van der Waals surface area contributed by atoms with E-state index in [1.54, 1.807) is 37.4 Å². The van der Waals surface area contributed by atoms with E-state index in [4.69, 9.17) is 21.6 Å². The van der Waals surface area contributed by atoms with Gasteiger partial charge in [0.1, 0.15) is 5.75 Å². The summed E-state index contributed by atoms with van der Waals surface area (Å²) < 4.78 is 31.0. The molecule has 3 rings (SSSR count). The predicted molar refractivity (Wildman–Crippen MR) is 136 cm³/mol. The lowest BCUT2D eigenvalue weighted by Crippen LogP contribution is -2.29. The zero-order valence-corrected chi connectivity index (χ0v) is 22.0. The summed E-state index contributed by atoms with van der Waals surface area (Å²) in [5.41, 5.74) is 1.64. The van der Waals surface area contributed by atoms with Gasteiger partial charge in [-0.3, -0.25) is 9.69 Å². The lowest BCUT2D eigenvalue weighted by Gasteiger charge is -2.21. The summed E-state index contributed by atoms with van der Waals surface area (Å²) in [6, 6.07) is 14.5. The highest BCUT2D eigenvalue weighted by Gasteiger charge is 2.29. The molecular weight excluding hydrogens is 486 g/mol. The molecule has 1 aliphatic heterocycles. The lowest BCUT2D eigenvalue weighted by molar-refractivity contribution is -0.127. The highest BCUT2D eigenvalue weighted by molar-refractivity contribution is 7.91. The first-order valence-corrected chi connectivity index (χ1v) is 13.7. The van der Waals surface area contributed by atoms with Crippen LogP contribution in [0.2, 0.25) is 5.02 Å². The molecule has 1 amide bonds. The number of ether oxygens (including phenoxy) is 1. The molecule has 1 saturated heterocycles. The molecule has 1 fully saturated rings. The van der Waals surface area contributed by atoms with Crippen LogP contribution in [0.1, 0.15) is 31.4 Å². The molecule has 0 aromatic heterocycles. The normalized spacial score (nSPS) is 18.3. The minimum absolute atomic E-state index is 0.119. The van der Waals surface area contributed by atoms with Gasteiger partial charge >= 0.3 is 0 Å². The molecule has 2 aromatic carbocycles. The fourth-order valence-electron chi connectivity index (χ4n) is 4.27. The van der Waals surface area contributed by atoms with Crippen molar-refractivity contribution in [2.45, 2.75) is 37.6 Å². The Morgan fingerprint density at radius 1 is 1.26 bits per heavy atom. The first kappa shape index (κ1) is 27.0. The number of nitrogens with zero attached hydrogens (tertiary/aromatic N) is 3. The van der Waals surface area contributed by atoms with Crippen molar-refractivity contribution in [3.05, 3.63) is 58.6 Å². The van der Waals surface area contributed by atoms with Crippen LogP contribution in [0.25, 0.3) is 0 Å². The molecule has 0 N–H and O–H groups in total. The van der Waals surface area contributed by atoms with Gasteiger partial charge in [0.2, 0.25) is 5.91 Å². The molecule has 0 bridgehead atoms. The summed E-state index contributed by atoms with van der Waals surface area (Å²) in [5.74, 6) is 0.733. The van der Waals surface area contributed by atoms with Crippen LogP contribution in [0, 0.1) is 17.2 Å². The van der Waals surface area contributed by atoms with Crippen LogP contribution in [-0.2, 0) is 21.1 Å². The summed E-state index contributed by atoms with van der Waals surface area (Å²) in [6.45, 7) is 6.14. The Bertz CT molecular complexity index is 1180. The summed E-state index contributed by atoms with van der Waals surface area (Å²) in [7, 11) is -1.88. The fraction of sp³-hybridized carbons (Fsp3) is 0.462. The average Bonchev–Trinajstić information content (AvgIpc) is 3.19. The molecular formula is C26H32ClN3O4S. The van der Waals surface area contributed by atoms with E-state index >= 15 is 0 Å². The molecule has 2 aromatic rings. The number of likely N-dealkylation sites (tertiary alicyclic amines) is 1. The van der Waals surface area contributed by atoms with Crippen LogP contribution in [0.5, 0.6) is 5.75 Å². The molecule has 9 heteroatoms. The maximum atomic E-state index is 12.5. The Morgan fingerprint density at radius 3 is 2.63 bits per heavy atom. The third kappa shape index (κ3) is 7.69. The van der Waals surface area contributed by atoms with Crippen LogP contribution in [0.15, 0.2) is 47.4 Å². The van der Waals surface area contributed by atoms with E-state index in [1.807, 2.05) is 12.1 Å². The Balaban J connectivity index is 1.48. The molecule has 0 aliphatic carbocycles. The van der Waals surface area contributed by atoms with Gasteiger partial charge in [0.05, 0.1) is 28.9 Å². The number of carbonyl (C=O) groups is 1. The van der Waals surface area contributed by atoms with E-state index in [-0.39, 0.29) is 23.1 Å². The number of rotatable bonds is 10. The number of sulfone groups is 1. The number of nitriles is 1.